The van der Waals surface area contributed by atoms with E-state index in [1.165, 1.54) is 5.56 Å². The number of ether oxygens (including phenoxy) is 1. The Bertz CT molecular complexity index is 246. The topological polar surface area (TPSA) is 9.23 Å². The molecule has 0 bridgehead atoms. The summed E-state index contributed by atoms with van der Waals surface area (Å²) < 4.78 is 5.06. The van der Waals surface area contributed by atoms with E-state index < -0.39 is 0 Å². The Kier molecular flexibility index (Phi) is 3.39. The van der Waals surface area contributed by atoms with Crippen molar-refractivity contribution in [3.8, 4) is 5.75 Å². The molecule has 1 aromatic carbocycles. The summed E-state index contributed by atoms with van der Waals surface area (Å²) in [6, 6.07) is 8.13. The Labute approximate surface area is 73.7 Å². The van der Waals surface area contributed by atoms with E-state index in [2.05, 4.69) is 24.3 Å². The van der Waals surface area contributed by atoms with Gasteiger partial charge in [-0.1, -0.05) is 24.3 Å². The minimum absolute atomic E-state index is 0.916. The number of benzene rings is 1. The molecule has 0 amide bonds. The average Bonchev–Trinajstić information content (AvgIpc) is 2.15. The molecule has 64 valence electrons. The molecule has 0 aromatic heterocycles. The van der Waals surface area contributed by atoms with Crippen LogP contribution < -0.4 is 4.74 Å². The smallest absolute Gasteiger partial charge is 0.118 e. The highest BCUT2D eigenvalue weighted by atomic mass is 16.5. The van der Waals surface area contributed by atoms with Gasteiger partial charge in [-0.3, -0.25) is 0 Å². The summed E-state index contributed by atoms with van der Waals surface area (Å²) in [4.78, 5) is 0. The van der Waals surface area contributed by atoms with E-state index in [-0.39, 0.29) is 0 Å². The van der Waals surface area contributed by atoms with Crippen LogP contribution in [0.25, 0.3) is 0 Å². The summed E-state index contributed by atoms with van der Waals surface area (Å²) in [5, 5.41) is 0. The van der Waals surface area contributed by atoms with Gasteiger partial charge in [-0.25, -0.2) is 0 Å². The van der Waals surface area contributed by atoms with Crippen molar-refractivity contribution >= 4 is 0 Å². The van der Waals surface area contributed by atoms with Crippen LogP contribution in [0.2, 0.25) is 0 Å². The molecule has 0 spiro atoms. The van der Waals surface area contributed by atoms with Crippen molar-refractivity contribution in [3.63, 3.8) is 0 Å². The van der Waals surface area contributed by atoms with E-state index in [0.717, 1.165) is 12.2 Å². The van der Waals surface area contributed by atoms with Crippen LogP contribution in [-0.2, 0) is 6.42 Å². The molecule has 1 nitrogen and oxygen atoms in total. The number of hydrogen-bond donors (Lipinski definition) is 0. The first-order chi connectivity index (χ1) is 5.86. The zero-order valence-corrected chi connectivity index (χ0v) is 7.58. The minimum Gasteiger partial charge on any atom is -0.497 e. The standard InChI is InChI=1S/C11H14O/c1-3-4-5-10-6-8-11(12-2)9-7-10/h3-4,6-9H,5H2,1-2H3/b4-3+. The molecular formula is C11H14O. The van der Waals surface area contributed by atoms with E-state index in [1.807, 2.05) is 19.1 Å². The average molecular weight is 162 g/mol. The predicted octanol–water partition coefficient (Wildman–Crippen LogP) is 2.81. The van der Waals surface area contributed by atoms with Crippen molar-refractivity contribution in [2.24, 2.45) is 0 Å². The van der Waals surface area contributed by atoms with Gasteiger partial charge in [-0.15, -0.1) is 0 Å². The van der Waals surface area contributed by atoms with Gasteiger partial charge < -0.3 is 4.74 Å². The highest BCUT2D eigenvalue weighted by Crippen LogP contribution is 2.11. The van der Waals surface area contributed by atoms with Crippen molar-refractivity contribution < 1.29 is 4.74 Å². The van der Waals surface area contributed by atoms with Gasteiger partial charge in [-0.2, -0.15) is 0 Å². The van der Waals surface area contributed by atoms with E-state index in [1.54, 1.807) is 7.11 Å². The monoisotopic (exact) mass is 162 g/mol. The Morgan fingerprint density at radius 3 is 2.42 bits per heavy atom. The number of methoxy groups -OCH3 is 1. The molecule has 1 heteroatoms. The predicted molar refractivity (Wildman–Crippen MR) is 51.5 cm³/mol. The van der Waals surface area contributed by atoms with Crippen LogP contribution in [0.3, 0.4) is 0 Å². The Hall–Kier alpha value is -1.24. The molecule has 0 aliphatic heterocycles. The molecule has 0 heterocycles. The number of rotatable bonds is 3. The zero-order chi connectivity index (χ0) is 8.81. The molecule has 0 fully saturated rings. The Morgan fingerprint density at radius 1 is 1.25 bits per heavy atom. The van der Waals surface area contributed by atoms with Crippen LogP contribution in [0.4, 0.5) is 0 Å². The molecule has 12 heavy (non-hydrogen) atoms. The molecule has 0 N–H and O–H groups in total. The summed E-state index contributed by atoms with van der Waals surface area (Å²) in [6.45, 7) is 2.03. The second-order valence-corrected chi connectivity index (χ2v) is 2.62. The third kappa shape index (κ3) is 2.42. The maximum absolute atomic E-state index is 5.06. The van der Waals surface area contributed by atoms with Gasteiger partial charge in [0.25, 0.3) is 0 Å². The van der Waals surface area contributed by atoms with Gasteiger partial charge in [0.05, 0.1) is 7.11 Å². The highest BCUT2D eigenvalue weighted by Gasteiger charge is 1.90. The van der Waals surface area contributed by atoms with Crippen LogP contribution in [0, 0.1) is 0 Å². The molecule has 0 saturated carbocycles. The third-order valence-corrected chi connectivity index (χ3v) is 1.75. The first-order valence-electron chi connectivity index (χ1n) is 4.11. The van der Waals surface area contributed by atoms with Crippen LogP contribution in [0.15, 0.2) is 36.4 Å². The largest absolute Gasteiger partial charge is 0.497 e. The fourth-order valence-electron chi connectivity index (χ4n) is 1.02. The van der Waals surface area contributed by atoms with Crippen LogP contribution in [-0.4, -0.2) is 7.11 Å². The number of allylic oxidation sites excluding steroid dienone is 2. The van der Waals surface area contributed by atoms with Gasteiger partial charge in [0, 0.05) is 0 Å². The molecule has 0 aliphatic carbocycles. The van der Waals surface area contributed by atoms with E-state index in [9.17, 15) is 0 Å². The maximum Gasteiger partial charge on any atom is 0.118 e. The lowest BCUT2D eigenvalue weighted by Crippen LogP contribution is -1.84. The summed E-state index contributed by atoms with van der Waals surface area (Å²) in [6.07, 6.45) is 5.20. The molecule has 1 aromatic rings. The van der Waals surface area contributed by atoms with Gasteiger partial charge in [0.2, 0.25) is 0 Å². The lowest BCUT2D eigenvalue weighted by atomic mass is 10.1. The fourth-order valence-corrected chi connectivity index (χ4v) is 1.02. The second kappa shape index (κ2) is 4.60. The number of hydrogen-bond acceptors (Lipinski definition) is 1. The van der Waals surface area contributed by atoms with Crippen LogP contribution in [0.1, 0.15) is 12.5 Å². The summed E-state index contributed by atoms with van der Waals surface area (Å²) >= 11 is 0. The summed E-state index contributed by atoms with van der Waals surface area (Å²) in [5.74, 6) is 0.916. The normalized spacial score (nSPS) is 10.5. The molecule has 0 radical (unpaired) electrons. The summed E-state index contributed by atoms with van der Waals surface area (Å²) in [5.41, 5.74) is 1.31. The van der Waals surface area contributed by atoms with Crippen molar-refractivity contribution in [1.29, 1.82) is 0 Å². The minimum atomic E-state index is 0.916. The Morgan fingerprint density at radius 2 is 1.92 bits per heavy atom. The van der Waals surface area contributed by atoms with Gasteiger partial charge >= 0.3 is 0 Å². The molecule has 0 saturated heterocycles. The van der Waals surface area contributed by atoms with Crippen molar-refractivity contribution in [2.45, 2.75) is 13.3 Å². The van der Waals surface area contributed by atoms with Crippen LogP contribution in [0.5, 0.6) is 5.75 Å². The quantitative estimate of drug-likeness (QED) is 0.621. The first-order valence-corrected chi connectivity index (χ1v) is 4.11. The SMILES string of the molecule is C/C=C/Cc1ccc(OC)cc1. The van der Waals surface area contributed by atoms with E-state index in [4.69, 9.17) is 4.74 Å². The van der Waals surface area contributed by atoms with Gasteiger partial charge in [-0.05, 0) is 31.0 Å². The molecule has 0 atom stereocenters. The zero-order valence-electron chi connectivity index (χ0n) is 7.58. The third-order valence-electron chi connectivity index (χ3n) is 1.75. The van der Waals surface area contributed by atoms with E-state index >= 15 is 0 Å². The van der Waals surface area contributed by atoms with Gasteiger partial charge in [0.15, 0.2) is 0 Å². The van der Waals surface area contributed by atoms with Gasteiger partial charge in [0.1, 0.15) is 5.75 Å². The molecular weight excluding hydrogens is 148 g/mol. The van der Waals surface area contributed by atoms with E-state index in [0.29, 0.717) is 0 Å². The lowest BCUT2D eigenvalue weighted by molar-refractivity contribution is 0.414. The van der Waals surface area contributed by atoms with Crippen molar-refractivity contribution in [2.75, 3.05) is 7.11 Å². The fraction of sp³-hybridized carbons (Fsp3) is 0.273. The molecule has 1 rings (SSSR count). The van der Waals surface area contributed by atoms with Crippen LogP contribution >= 0.6 is 0 Å². The highest BCUT2D eigenvalue weighted by molar-refractivity contribution is 5.28. The Balaban J connectivity index is 2.64. The van der Waals surface area contributed by atoms with Crippen molar-refractivity contribution in [1.82, 2.24) is 0 Å². The first kappa shape index (κ1) is 8.85. The van der Waals surface area contributed by atoms with Crippen molar-refractivity contribution in [3.05, 3.63) is 42.0 Å². The lowest BCUT2D eigenvalue weighted by Gasteiger charge is -1.99. The maximum atomic E-state index is 5.06. The molecule has 0 unspecified atom stereocenters. The summed E-state index contributed by atoms with van der Waals surface area (Å²) in [7, 11) is 1.68. The molecule has 0 aliphatic rings. The second-order valence-electron chi connectivity index (χ2n) is 2.62.